The van der Waals surface area contributed by atoms with E-state index in [2.05, 4.69) is 15.3 Å². The van der Waals surface area contributed by atoms with Gasteiger partial charge in [0.05, 0.1) is 17.7 Å². The van der Waals surface area contributed by atoms with Gasteiger partial charge in [0, 0.05) is 43.3 Å². The number of hydrogen-bond acceptors (Lipinski definition) is 8. The van der Waals surface area contributed by atoms with E-state index in [0.717, 1.165) is 18.5 Å². The summed E-state index contributed by atoms with van der Waals surface area (Å²) in [5.74, 6) is -0.259. The van der Waals surface area contributed by atoms with Gasteiger partial charge < -0.3 is 20.7 Å². The van der Waals surface area contributed by atoms with Crippen LogP contribution >= 0.6 is 0 Å². The van der Waals surface area contributed by atoms with Crippen molar-refractivity contribution >= 4 is 33.0 Å². The first kappa shape index (κ1) is 24.0. The van der Waals surface area contributed by atoms with Crippen LogP contribution in [0.3, 0.4) is 0 Å². The van der Waals surface area contributed by atoms with Crippen LogP contribution in [-0.4, -0.2) is 71.3 Å². The summed E-state index contributed by atoms with van der Waals surface area (Å²) in [6, 6.07) is 6.98. The van der Waals surface area contributed by atoms with Crippen molar-refractivity contribution in [1.29, 1.82) is 0 Å². The van der Waals surface area contributed by atoms with Crippen LogP contribution in [0.4, 0.5) is 5.69 Å². The number of nitrogens with one attached hydrogen (secondary N) is 1. The topological polar surface area (TPSA) is 149 Å². The zero-order valence-corrected chi connectivity index (χ0v) is 20.5. The second kappa shape index (κ2) is 9.76. The Bertz CT molecular complexity index is 1380. The van der Waals surface area contributed by atoms with Gasteiger partial charge in [0.1, 0.15) is 23.0 Å². The standard InChI is InChI=1S/C24H28N6O5S/c25-22(31)19-2-1-8-26-24(19)35-18-5-3-16(4-6-18)28-23(32)20-15-27-21-14-17(7-9-30(20)21)29-10-12-36(33,34)13-11-29/h1-2,7-9,14-16,18H,3-6,10-13H2,(H2,25,31)(H,28,32)/t16-,18-. The Morgan fingerprint density at radius 3 is 2.56 bits per heavy atom. The maximum atomic E-state index is 13.0. The van der Waals surface area contributed by atoms with Crippen molar-refractivity contribution in [2.24, 2.45) is 5.73 Å². The molecule has 1 saturated heterocycles. The van der Waals surface area contributed by atoms with Gasteiger partial charge in [0.2, 0.25) is 5.88 Å². The molecule has 4 heterocycles. The first-order chi connectivity index (χ1) is 17.3. The van der Waals surface area contributed by atoms with E-state index in [0.29, 0.717) is 37.3 Å². The first-order valence-corrected chi connectivity index (χ1v) is 13.8. The van der Waals surface area contributed by atoms with E-state index in [1.54, 1.807) is 35.1 Å². The predicted molar refractivity (Wildman–Crippen MR) is 133 cm³/mol. The number of carbonyl (C=O) groups is 2. The van der Waals surface area contributed by atoms with E-state index < -0.39 is 15.7 Å². The van der Waals surface area contributed by atoms with Crippen molar-refractivity contribution in [3.63, 3.8) is 0 Å². The molecule has 1 aliphatic heterocycles. The van der Waals surface area contributed by atoms with E-state index >= 15 is 0 Å². The summed E-state index contributed by atoms with van der Waals surface area (Å²) in [7, 11) is -2.96. The molecule has 2 amide bonds. The van der Waals surface area contributed by atoms with Gasteiger partial charge in [-0.1, -0.05) is 0 Å². The highest BCUT2D eigenvalue weighted by Gasteiger charge is 2.27. The van der Waals surface area contributed by atoms with Gasteiger partial charge >= 0.3 is 0 Å². The molecule has 1 saturated carbocycles. The molecule has 0 atom stereocenters. The predicted octanol–water partition coefficient (Wildman–Crippen LogP) is 1.18. The number of ether oxygens (including phenoxy) is 1. The summed E-state index contributed by atoms with van der Waals surface area (Å²) in [4.78, 5) is 35.1. The third-order valence-electron chi connectivity index (χ3n) is 6.76. The van der Waals surface area contributed by atoms with E-state index in [4.69, 9.17) is 10.5 Å². The minimum Gasteiger partial charge on any atom is -0.474 e. The van der Waals surface area contributed by atoms with Gasteiger partial charge in [0.25, 0.3) is 11.8 Å². The molecule has 0 bridgehead atoms. The quantitative estimate of drug-likeness (QED) is 0.500. The number of fused-ring (bicyclic) bond motifs is 1. The lowest BCUT2D eigenvalue weighted by Gasteiger charge is -2.29. The number of rotatable bonds is 6. The number of pyridine rings is 2. The Morgan fingerprint density at radius 1 is 1.08 bits per heavy atom. The normalized spacial score (nSPS) is 21.7. The molecule has 11 nitrogen and oxygen atoms in total. The van der Waals surface area contributed by atoms with Crippen LogP contribution in [0.25, 0.3) is 5.65 Å². The summed E-state index contributed by atoms with van der Waals surface area (Å²) in [5, 5.41) is 3.09. The van der Waals surface area contributed by atoms with Crippen molar-refractivity contribution in [1.82, 2.24) is 19.7 Å². The largest absolute Gasteiger partial charge is 0.474 e. The molecular weight excluding hydrogens is 484 g/mol. The zero-order valence-electron chi connectivity index (χ0n) is 19.7. The molecular formula is C24H28N6O5S. The second-order valence-electron chi connectivity index (χ2n) is 9.18. The average Bonchev–Trinajstić information content (AvgIpc) is 3.29. The SMILES string of the molecule is NC(=O)c1cccnc1O[C@H]1CC[C@H](NC(=O)c2cnc3cc(N4CCS(=O)(=O)CC4)ccn23)CC1. The second-order valence-corrected chi connectivity index (χ2v) is 11.5. The highest BCUT2D eigenvalue weighted by molar-refractivity contribution is 7.91. The summed E-state index contributed by atoms with van der Waals surface area (Å²) in [6.45, 7) is 0.895. The molecule has 0 spiro atoms. The first-order valence-electron chi connectivity index (χ1n) is 11.9. The van der Waals surface area contributed by atoms with Gasteiger partial charge in [-0.15, -0.1) is 0 Å². The highest BCUT2D eigenvalue weighted by atomic mass is 32.2. The number of anilines is 1. The van der Waals surface area contributed by atoms with E-state index in [9.17, 15) is 18.0 Å². The molecule has 12 heteroatoms. The molecule has 0 unspecified atom stereocenters. The lowest BCUT2D eigenvalue weighted by Crippen LogP contribution is -2.40. The number of imidazole rings is 1. The Morgan fingerprint density at radius 2 is 1.83 bits per heavy atom. The van der Waals surface area contributed by atoms with E-state index in [1.165, 1.54) is 0 Å². The van der Waals surface area contributed by atoms with Gasteiger partial charge in [-0.3, -0.25) is 14.0 Å². The van der Waals surface area contributed by atoms with Crippen LogP contribution in [-0.2, 0) is 9.84 Å². The molecule has 190 valence electrons. The van der Waals surface area contributed by atoms with Gasteiger partial charge in [-0.2, -0.15) is 0 Å². The Kier molecular flexibility index (Phi) is 6.52. The minimum absolute atomic E-state index is 0.00295. The van der Waals surface area contributed by atoms with Crippen molar-refractivity contribution in [3.05, 3.63) is 54.1 Å². The van der Waals surface area contributed by atoms with Gasteiger partial charge in [-0.05, 0) is 43.9 Å². The molecule has 0 radical (unpaired) electrons. The van der Waals surface area contributed by atoms with Crippen molar-refractivity contribution in [2.45, 2.75) is 37.8 Å². The van der Waals surface area contributed by atoms with Crippen LogP contribution in [0.5, 0.6) is 5.88 Å². The van der Waals surface area contributed by atoms with Crippen LogP contribution in [0, 0.1) is 0 Å². The highest BCUT2D eigenvalue weighted by Crippen LogP contribution is 2.25. The van der Waals surface area contributed by atoms with Gasteiger partial charge in [0.15, 0.2) is 9.84 Å². The number of carbonyl (C=O) groups excluding carboxylic acids is 2. The maximum absolute atomic E-state index is 13.0. The third kappa shape index (κ3) is 5.13. The van der Waals surface area contributed by atoms with Crippen LogP contribution in [0.15, 0.2) is 42.9 Å². The smallest absolute Gasteiger partial charge is 0.270 e. The van der Waals surface area contributed by atoms with E-state index in [-0.39, 0.29) is 41.0 Å². The monoisotopic (exact) mass is 512 g/mol. The molecule has 1 aliphatic carbocycles. The van der Waals surface area contributed by atoms with Crippen molar-refractivity contribution in [2.75, 3.05) is 29.5 Å². The fourth-order valence-corrected chi connectivity index (χ4v) is 5.92. The van der Waals surface area contributed by atoms with Crippen LogP contribution < -0.4 is 20.7 Å². The fraction of sp³-hybridized carbons (Fsp3) is 0.417. The summed E-state index contributed by atoms with van der Waals surface area (Å²) >= 11 is 0. The Labute approximate surface area is 208 Å². The number of hydrogen-bond donors (Lipinski definition) is 2. The zero-order chi connectivity index (χ0) is 25.3. The molecule has 2 fully saturated rings. The number of amides is 2. The Balaban J connectivity index is 1.18. The third-order valence-corrected chi connectivity index (χ3v) is 8.37. The number of sulfone groups is 1. The average molecular weight is 513 g/mol. The number of nitrogens with two attached hydrogens (primary N) is 1. The van der Waals surface area contributed by atoms with Crippen molar-refractivity contribution in [3.8, 4) is 5.88 Å². The Hall–Kier alpha value is -3.67. The number of primary amides is 1. The molecule has 3 aromatic rings. The molecule has 2 aliphatic rings. The summed E-state index contributed by atoms with van der Waals surface area (Å²) < 4.78 is 31.1. The van der Waals surface area contributed by atoms with Crippen LogP contribution in [0.1, 0.15) is 46.5 Å². The number of nitrogens with zero attached hydrogens (tertiary/aromatic N) is 4. The summed E-state index contributed by atoms with van der Waals surface area (Å²) in [6.07, 6.45) is 7.68. The summed E-state index contributed by atoms with van der Waals surface area (Å²) in [5.41, 5.74) is 7.62. The molecule has 3 N–H and O–H groups in total. The molecule has 36 heavy (non-hydrogen) atoms. The minimum atomic E-state index is -2.96. The number of aromatic nitrogens is 3. The molecule has 3 aromatic heterocycles. The van der Waals surface area contributed by atoms with E-state index in [1.807, 2.05) is 17.0 Å². The maximum Gasteiger partial charge on any atom is 0.270 e. The molecule has 5 rings (SSSR count). The molecule has 0 aromatic carbocycles. The van der Waals surface area contributed by atoms with Crippen molar-refractivity contribution < 1.29 is 22.7 Å². The lowest BCUT2D eigenvalue weighted by atomic mass is 9.93. The lowest BCUT2D eigenvalue weighted by molar-refractivity contribution is 0.0876. The van der Waals surface area contributed by atoms with Crippen LogP contribution in [0.2, 0.25) is 0 Å². The van der Waals surface area contributed by atoms with Gasteiger partial charge in [-0.25, -0.2) is 18.4 Å². The fourth-order valence-electron chi connectivity index (χ4n) is 4.72.